The summed E-state index contributed by atoms with van der Waals surface area (Å²) in [5, 5.41) is 8.69. The number of carboxylic acids is 1. The standard InChI is InChI=1S/C12H18O4/c1-7(5-10(14)15)11-9(12(11,3)4)6-16-8(2)13/h9,11H,1,5-6H2,2-4H3,(H,14,15). The van der Waals surface area contributed by atoms with E-state index in [9.17, 15) is 9.59 Å². The number of carboxylic acid groups (broad SMARTS) is 1. The average Bonchev–Trinajstić information content (AvgIpc) is 2.63. The van der Waals surface area contributed by atoms with E-state index in [1.165, 1.54) is 6.92 Å². The first-order valence-electron chi connectivity index (χ1n) is 5.29. The van der Waals surface area contributed by atoms with Gasteiger partial charge in [0.15, 0.2) is 0 Å². The van der Waals surface area contributed by atoms with Crippen molar-refractivity contribution in [2.24, 2.45) is 17.3 Å². The highest BCUT2D eigenvalue weighted by molar-refractivity contribution is 5.70. The van der Waals surface area contributed by atoms with Gasteiger partial charge in [-0.25, -0.2) is 0 Å². The lowest BCUT2D eigenvalue weighted by molar-refractivity contribution is -0.142. The summed E-state index contributed by atoms with van der Waals surface area (Å²) in [7, 11) is 0. The molecular weight excluding hydrogens is 208 g/mol. The molecule has 0 heterocycles. The summed E-state index contributed by atoms with van der Waals surface area (Å²) in [5.74, 6) is -0.824. The van der Waals surface area contributed by atoms with E-state index >= 15 is 0 Å². The van der Waals surface area contributed by atoms with Gasteiger partial charge in [0.1, 0.15) is 0 Å². The van der Waals surface area contributed by atoms with Crippen LogP contribution in [0, 0.1) is 17.3 Å². The maximum atomic E-state index is 10.7. The third-order valence-corrected chi connectivity index (χ3v) is 3.33. The molecule has 2 atom stereocenters. The first-order chi connectivity index (χ1) is 7.26. The van der Waals surface area contributed by atoms with Gasteiger partial charge in [0, 0.05) is 12.8 Å². The van der Waals surface area contributed by atoms with E-state index < -0.39 is 5.97 Å². The monoisotopic (exact) mass is 226 g/mol. The van der Waals surface area contributed by atoms with Gasteiger partial charge in [0.25, 0.3) is 0 Å². The lowest BCUT2D eigenvalue weighted by atomic mass is 10.0. The lowest BCUT2D eigenvalue weighted by Gasteiger charge is -2.03. The molecule has 0 radical (unpaired) electrons. The van der Waals surface area contributed by atoms with Gasteiger partial charge in [0.2, 0.25) is 0 Å². The van der Waals surface area contributed by atoms with Gasteiger partial charge in [0.05, 0.1) is 13.0 Å². The molecule has 0 aromatic heterocycles. The number of rotatable bonds is 5. The maximum absolute atomic E-state index is 10.7. The molecule has 1 N–H and O–H groups in total. The SMILES string of the molecule is C=C(CC(=O)O)C1C(COC(C)=O)C1(C)C. The van der Waals surface area contributed by atoms with E-state index in [1.54, 1.807) is 0 Å². The van der Waals surface area contributed by atoms with Crippen LogP contribution in [-0.4, -0.2) is 23.7 Å². The number of carbonyl (C=O) groups excluding carboxylic acids is 1. The van der Waals surface area contributed by atoms with E-state index in [-0.39, 0.29) is 29.6 Å². The number of ether oxygens (including phenoxy) is 1. The number of aliphatic carboxylic acids is 1. The van der Waals surface area contributed by atoms with E-state index in [0.29, 0.717) is 6.61 Å². The second kappa shape index (κ2) is 4.28. The van der Waals surface area contributed by atoms with Crippen molar-refractivity contribution in [3.63, 3.8) is 0 Å². The van der Waals surface area contributed by atoms with Gasteiger partial charge in [-0.3, -0.25) is 9.59 Å². The number of carbonyl (C=O) groups is 2. The predicted molar refractivity (Wildman–Crippen MR) is 58.8 cm³/mol. The summed E-state index contributed by atoms with van der Waals surface area (Å²) >= 11 is 0. The number of esters is 1. The Hall–Kier alpha value is -1.32. The molecule has 0 aromatic carbocycles. The van der Waals surface area contributed by atoms with Crippen LogP contribution in [0.1, 0.15) is 27.2 Å². The molecule has 0 saturated heterocycles. The quantitative estimate of drug-likeness (QED) is 0.574. The van der Waals surface area contributed by atoms with Gasteiger partial charge < -0.3 is 9.84 Å². The molecule has 0 amide bonds. The molecule has 1 aliphatic carbocycles. The minimum atomic E-state index is -0.862. The summed E-state index contributed by atoms with van der Waals surface area (Å²) in [5.41, 5.74) is 0.705. The second-order valence-corrected chi connectivity index (χ2v) is 4.94. The Morgan fingerprint density at radius 1 is 1.44 bits per heavy atom. The molecule has 0 aromatic rings. The third kappa shape index (κ3) is 2.62. The summed E-state index contributed by atoms with van der Waals surface area (Å²) in [6.45, 7) is 9.61. The molecule has 1 saturated carbocycles. The molecule has 0 aliphatic heterocycles. The Balaban J connectivity index is 2.53. The Bertz CT molecular complexity index is 330. The highest BCUT2D eigenvalue weighted by Crippen LogP contribution is 2.61. The highest BCUT2D eigenvalue weighted by atomic mass is 16.5. The molecule has 0 spiro atoms. The van der Waals surface area contributed by atoms with Gasteiger partial charge in [-0.05, 0) is 11.3 Å². The summed E-state index contributed by atoms with van der Waals surface area (Å²) in [4.78, 5) is 21.3. The van der Waals surface area contributed by atoms with Gasteiger partial charge in [-0.15, -0.1) is 0 Å². The Kier molecular flexibility index (Phi) is 3.41. The summed E-state index contributed by atoms with van der Waals surface area (Å²) in [6, 6.07) is 0. The van der Waals surface area contributed by atoms with Crippen molar-refractivity contribution in [3.05, 3.63) is 12.2 Å². The molecule has 4 nitrogen and oxygen atoms in total. The van der Waals surface area contributed by atoms with Crippen LogP contribution in [0.4, 0.5) is 0 Å². The van der Waals surface area contributed by atoms with Gasteiger partial charge >= 0.3 is 11.9 Å². The topological polar surface area (TPSA) is 63.6 Å². The van der Waals surface area contributed by atoms with Gasteiger partial charge in [-0.2, -0.15) is 0 Å². The number of hydrogen-bond acceptors (Lipinski definition) is 3. The van der Waals surface area contributed by atoms with E-state index in [1.807, 2.05) is 13.8 Å². The smallest absolute Gasteiger partial charge is 0.307 e. The van der Waals surface area contributed by atoms with Crippen LogP contribution in [0.5, 0.6) is 0 Å². The van der Waals surface area contributed by atoms with E-state index in [0.717, 1.165) is 5.57 Å². The van der Waals surface area contributed by atoms with Crippen molar-refractivity contribution in [2.45, 2.75) is 27.2 Å². The largest absolute Gasteiger partial charge is 0.481 e. The minimum absolute atomic E-state index is 0.00926. The molecule has 0 bridgehead atoms. The number of hydrogen-bond donors (Lipinski definition) is 1. The fourth-order valence-corrected chi connectivity index (χ4v) is 2.38. The Morgan fingerprint density at radius 2 is 2.00 bits per heavy atom. The second-order valence-electron chi connectivity index (χ2n) is 4.94. The fraction of sp³-hybridized carbons (Fsp3) is 0.667. The van der Waals surface area contributed by atoms with Crippen LogP contribution in [-0.2, 0) is 14.3 Å². The van der Waals surface area contributed by atoms with E-state index in [2.05, 4.69) is 6.58 Å². The molecule has 2 unspecified atom stereocenters. The summed E-state index contributed by atoms with van der Waals surface area (Å²) < 4.78 is 4.96. The van der Waals surface area contributed by atoms with Crippen molar-refractivity contribution in [2.75, 3.05) is 6.61 Å². The molecule has 4 heteroatoms. The van der Waals surface area contributed by atoms with Crippen LogP contribution in [0.25, 0.3) is 0 Å². The van der Waals surface area contributed by atoms with Crippen molar-refractivity contribution in [1.82, 2.24) is 0 Å². The lowest BCUT2D eigenvalue weighted by Crippen LogP contribution is -2.05. The summed E-state index contributed by atoms with van der Waals surface area (Å²) in [6.07, 6.45) is -0.00926. The van der Waals surface area contributed by atoms with Crippen LogP contribution in [0.15, 0.2) is 12.2 Å². The third-order valence-electron chi connectivity index (χ3n) is 3.33. The first kappa shape index (κ1) is 12.7. The average molecular weight is 226 g/mol. The molecule has 90 valence electrons. The minimum Gasteiger partial charge on any atom is -0.481 e. The van der Waals surface area contributed by atoms with Crippen molar-refractivity contribution >= 4 is 11.9 Å². The van der Waals surface area contributed by atoms with Crippen molar-refractivity contribution < 1.29 is 19.4 Å². The fourth-order valence-electron chi connectivity index (χ4n) is 2.38. The normalized spacial score (nSPS) is 25.9. The van der Waals surface area contributed by atoms with Crippen LogP contribution in [0.2, 0.25) is 0 Å². The zero-order valence-corrected chi connectivity index (χ0v) is 9.95. The van der Waals surface area contributed by atoms with Crippen molar-refractivity contribution in [3.8, 4) is 0 Å². The van der Waals surface area contributed by atoms with Crippen molar-refractivity contribution in [1.29, 1.82) is 0 Å². The molecule has 16 heavy (non-hydrogen) atoms. The molecule has 1 fully saturated rings. The zero-order valence-electron chi connectivity index (χ0n) is 9.95. The molecule has 1 aliphatic rings. The van der Waals surface area contributed by atoms with E-state index in [4.69, 9.17) is 9.84 Å². The van der Waals surface area contributed by atoms with Gasteiger partial charge in [-0.1, -0.05) is 26.0 Å². The van der Waals surface area contributed by atoms with Crippen LogP contribution >= 0.6 is 0 Å². The molecule has 1 rings (SSSR count). The highest BCUT2D eigenvalue weighted by Gasteiger charge is 2.59. The maximum Gasteiger partial charge on any atom is 0.307 e. The van der Waals surface area contributed by atoms with Crippen LogP contribution < -0.4 is 0 Å². The molecular formula is C12H18O4. The predicted octanol–water partition coefficient (Wildman–Crippen LogP) is 1.85. The Labute approximate surface area is 95.3 Å². The Morgan fingerprint density at radius 3 is 2.44 bits per heavy atom. The van der Waals surface area contributed by atoms with Crippen LogP contribution in [0.3, 0.4) is 0 Å². The first-order valence-corrected chi connectivity index (χ1v) is 5.29. The zero-order chi connectivity index (χ0) is 12.5.